The molecule has 82 valence electrons. The average molecular weight is 202 g/mol. The smallest absolute Gasteiger partial charge is 0.306 e. The third kappa shape index (κ3) is 3.64. The van der Waals surface area contributed by atoms with E-state index in [1.807, 2.05) is 0 Å². The van der Waals surface area contributed by atoms with Gasteiger partial charge in [-0.05, 0) is 25.7 Å². The molecule has 0 aliphatic heterocycles. The summed E-state index contributed by atoms with van der Waals surface area (Å²) in [5.41, 5.74) is 0. The highest BCUT2D eigenvalue weighted by Gasteiger charge is 2.25. The summed E-state index contributed by atoms with van der Waals surface area (Å²) in [5, 5.41) is 8.78. The van der Waals surface area contributed by atoms with Crippen LogP contribution in [0.15, 0.2) is 0 Å². The van der Waals surface area contributed by atoms with Crippen LogP contribution in [0.4, 0.5) is 0 Å². The number of carboxylic acids is 1. The van der Waals surface area contributed by atoms with Crippen molar-refractivity contribution in [3.63, 3.8) is 0 Å². The first-order valence-corrected chi connectivity index (χ1v) is 5.07. The van der Waals surface area contributed by atoms with Gasteiger partial charge >= 0.3 is 5.97 Å². The molecular weight excluding hydrogens is 184 g/mol. The van der Waals surface area contributed by atoms with Crippen LogP contribution < -0.4 is 0 Å². The second kappa shape index (κ2) is 5.98. The van der Waals surface area contributed by atoms with Crippen LogP contribution in [0.5, 0.6) is 0 Å². The standard InChI is InChI=1S/C10H18O4/c1-13-6-7-14-9-4-2-8(3-5-9)10(11)12/h8-9H,2-7H2,1H3,(H,11,12). The first kappa shape index (κ1) is 11.5. The Bertz CT molecular complexity index is 173. The Kier molecular flexibility index (Phi) is 4.90. The van der Waals surface area contributed by atoms with Crippen LogP contribution >= 0.6 is 0 Å². The van der Waals surface area contributed by atoms with Crippen LogP contribution in [0.1, 0.15) is 25.7 Å². The molecule has 0 amide bonds. The lowest BCUT2D eigenvalue weighted by atomic mass is 9.87. The number of rotatable bonds is 5. The fraction of sp³-hybridized carbons (Fsp3) is 0.900. The molecule has 4 nitrogen and oxygen atoms in total. The van der Waals surface area contributed by atoms with E-state index in [0.29, 0.717) is 13.2 Å². The zero-order valence-electron chi connectivity index (χ0n) is 8.57. The van der Waals surface area contributed by atoms with Crippen LogP contribution in [-0.2, 0) is 14.3 Å². The molecule has 0 heterocycles. The quantitative estimate of drug-likeness (QED) is 0.682. The lowest BCUT2D eigenvalue weighted by Gasteiger charge is -2.26. The van der Waals surface area contributed by atoms with E-state index in [0.717, 1.165) is 25.7 Å². The van der Waals surface area contributed by atoms with E-state index >= 15 is 0 Å². The van der Waals surface area contributed by atoms with Gasteiger partial charge in [-0.15, -0.1) is 0 Å². The number of carbonyl (C=O) groups is 1. The van der Waals surface area contributed by atoms with Crippen LogP contribution in [0.25, 0.3) is 0 Å². The Labute approximate surface area is 84.2 Å². The maximum atomic E-state index is 10.7. The summed E-state index contributed by atoms with van der Waals surface area (Å²) < 4.78 is 10.4. The lowest BCUT2D eigenvalue weighted by Crippen LogP contribution is -2.26. The Morgan fingerprint density at radius 2 is 1.93 bits per heavy atom. The van der Waals surface area contributed by atoms with E-state index in [2.05, 4.69) is 0 Å². The Morgan fingerprint density at radius 1 is 1.29 bits per heavy atom. The van der Waals surface area contributed by atoms with Crippen molar-refractivity contribution in [1.82, 2.24) is 0 Å². The predicted molar refractivity (Wildman–Crippen MR) is 51.2 cm³/mol. The van der Waals surface area contributed by atoms with Crippen LogP contribution in [-0.4, -0.2) is 37.5 Å². The number of hydrogen-bond acceptors (Lipinski definition) is 3. The molecule has 0 spiro atoms. The molecular formula is C10H18O4. The van der Waals surface area contributed by atoms with E-state index in [-0.39, 0.29) is 12.0 Å². The topological polar surface area (TPSA) is 55.8 Å². The molecule has 0 atom stereocenters. The van der Waals surface area contributed by atoms with Crippen molar-refractivity contribution < 1.29 is 19.4 Å². The van der Waals surface area contributed by atoms with Gasteiger partial charge in [-0.1, -0.05) is 0 Å². The number of methoxy groups -OCH3 is 1. The molecule has 1 saturated carbocycles. The van der Waals surface area contributed by atoms with Gasteiger partial charge in [0, 0.05) is 7.11 Å². The third-order valence-electron chi connectivity index (χ3n) is 2.66. The highest BCUT2D eigenvalue weighted by atomic mass is 16.5. The summed E-state index contributed by atoms with van der Waals surface area (Å²) in [6.07, 6.45) is 3.45. The van der Waals surface area contributed by atoms with E-state index in [1.165, 1.54) is 0 Å². The largest absolute Gasteiger partial charge is 0.481 e. The summed E-state index contributed by atoms with van der Waals surface area (Å²) in [4.78, 5) is 10.7. The van der Waals surface area contributed by atoms with Crippen LogP contribution in [0.2, 0.25) is 0 Å². The van der Waals surface area contributed by atoms with Gasteiger partial charge in [-0.25, -0.2) is 0 Å². The van der Waals surface area contributed by atoms with Gasteiger partial charge in [-0.2, -0.15) is 0 Å². The summed E-state index contributed by atoms with van der Waals surface area (Å²) in [6, 6.07) is 0. The van der Waals surface area contributed by atoms with E-state index < -0.39 is 5.97 Å². The average Bonchev–Trinajstić information content (AvgIpc) is 2.19. The van der Waals surface area contributed by atoms with Crippen LogP contribution in [0, 0.1) is 5.92 Å². The van der Waals surface area contributed by atoms with Crippen molar-refractivity contribution >= 4 is 5.97 Å². The highest BCUT2D eigenvalue weighted by molar-refractivity contribution is 5.69. The van der Waals surface area contributed by atoms with Crippen molar-refractivity contribution in [2.24, 2.45) is 5.92 Å². The summed E-state index contributed by atoms with van der Waals surface area (Å²) >= 11 is 0. The van der Waals surface area contributed by atoms with E-state index in [4.69, 9.17) is 14.6 Å². The SMILES string of the molecule is COCCOC1CCC(C(=O)O)CC1. The minimum atomic E-state index is -0.666. The van der Waals surface area contributed by atoms with E-state index in [9.17, 15) is 4.79 Å². The fourth-order valence-electron chi connectivity index (χ4n) is 1.77. The molecule has 0 saturated heterocycles. The minimum Gasteiger partial charge on any atom is -0.481 e. The van der Waals surface area contributed by atoms with Crippen molar-refractivity contribution in [3.8, 4) is 0 Å². The monoisotopic (exact) mass is 202 g/mol. The molecule has 1 fully saturated rings. The highest BCUT2D eigenvalue weighted by Crippen LogP contribution is 2.26. The normalized spacial score (nSPS) is 27.5. The maximum absolute atomic E-state index is 10.7. The Hall–Kier alpha value is -0.610. The molecule has 0 aromatic rings. The molecule has 1 aliphatic rings. The molecule has 0 aromatic heterocycles. The Morgan fingerprint density at radius 3 is 2.43 bits per heavy atom. The molecule has 0 aromatic carbocycles. The number of aliphatic carboxylic acids is 1. The summed E-state index contributed by atoms with van der Waals surface area (Å²) in [7, 11) is 1.64. The summed E-state index contributed by atoms with van der Waals surface area (Å²) in [6.45, 7) is 1.22. The first-order valence-electron chi connectivity index (χ1n) is 5.07. The van der Waals surface area contributed by atoms with Crippen LogP contribution in [0.3, 0.4) is 0 Å². The second-order valence-electron chi connectivity index (χ2n) is 3.68. The third-order valence-corrected chi connectivity index (χ3v) is 2.66. The maximum Gasteiger partial charge on any atom is 0.306 e. The minimum absolute atomic E-state index is 0.155. The van der Waals surface area contributed by atoms with Gasteiger partial charge in [0.1, 0.15) is 0 Å². The van der Waals surface area contributed by atoms with Crippen molar-refractivity contribution in [3.05, 3.63) is 0 Å². The predicted octanol–water partition coefficient (Wildman–Crippen LogP) is 1.29. The molecule has 0 radical (unpaired) electrons. The molecule has 4 heteroatoms. The Balaban J connectivity index is 2.12. The molecule has 1 aliphatic carbocycles. The summed E-state index contributed by atoms with van der Waals surface area (Å²) in [5.74, 6) is -0.822. The zero-order valence-corrected chi connectivity index (χ0v) is 8.57. The first-order chi connectivity index (χ1) is 6.74. The number of carboxylic acid groups (broad SMARTS) is 1. The van der Waals surface area contributed by atoms with E-state index in [1.54, 1.807) is 7.11 Å². The molecule has 14 heavy (non-hydrogen) atoms. The lowest BCUT2D eigenvalue weighted by molar-refractivity contribution is -0.143. The molecule has 0 bridgehead atoms. The molecule has 1 N–H and O–H groups in total. The molecule has 0 unspecified atom stereocenters. The molecule has 1 rings (SSSR count). The van der Waals surface area contributed by atoms with Crippen molar-refractivity contribution in [2.75, 3.05) is 20.3 Å². The van der Waals surface area contributed by atoms with Crippen molar-refractivity contribution in [1.29, 1.82) is 0 Å². The van der Waals surface area contributed by atoms with Gasteiger partial charge in [0.15, 0.2) is 0 Å². The van der Waals surface area contributed by atoms with Gasteiger partial charge < -0.3 is 14.6 Å². The second-order valence-corrected chi connectivity index (χ2v) is 3.68. The fourth-order valence-corrected chi connectivity index (χ4v) is 1.77. The number of hydrogen-bond donors (Lipinski definition) is 1. The van der Waals surface area contributed by atoms with Crippen molar-refractivity contribution in [2.45, 2.75) is 31.8 Å². The van der Waals surface area contributed by atoms with Gasteiger partial charge in [0.05, 0.1) is 25.2 Å². The van der Waals surface area contributed by atoms with Gasteiger partial charge in [0.2, 0.25) is 0 Å². The van der Waals surface area contributed by atoms with Gasteiger partial charge in [-0.3, -0.25) is 4.79 Å². The zero-order chi connectivity index (χ0) is 10.4. The van der Waals surface area contributed by atoms with Gasteiger partial charge in [0.25, 0.3) is 0 Å². The number of ether oxygens (including phenoxy) is 2.